The standard InChI is InChI=1S/C12H22O3/c1-3-5-7-11-8-6-9-12(10-11,13-4-2)15-14-11/h3-10H2,1-2H3. The minimum atomic E-state index is -0.416. The summed E-state index contributed by atoms with van der Waals surface area (Å²) in [5, 5.41) is 0. The third-order valence-corrected chi connectivity index (χ3v) is 3.55. The van der Waals surface area contributed by atoms with Gasteiger partial charge in [-0.05, 0) is 26.2 Å². The number of hydrogen-bond acceptors (Lipinski definition) is 3. The third kappa shape index (κ3) is 2.19. The zero-order chi connectivity index (χ0) is 10.8. The predicted molar refractivity (Wildman–Crippen MR) is 57.3 cm³/mol. The Balaban J connectivity index is 1.99. The molecule has 0 aromatic carbocycles. The number of rotatable bonds is 5. The van der Waals surface area contributed by atoms with Gasteiger partial charge in [-0.1, -0.05) is 19.8 Å². The van der Waals surface area contributed by atoms with Crippen molar-refractivity contribution in [3.63, 3.8) is 0 Å². The van der Waals surface area contributed by atoms with Gasteiger partial charge in [0.05, 0.1) is 0 Å². The van der Waals surface area contributed by atoms with Crippen LogP contribution in [0.1, 0.15) is 58.8 Å². The lowest BCUT2D eigenvalue weighted by atomic mass is 9.79. The lowest BCUT2D eigenvalue weighted by Gasteiger charge is -2.33. The molecule has 0 spiro atoms. The predicted octanol–water partition coefficient (Wildman–Crippen LogP) is 3.18. The summed E-state index contributed by atoms with van der Waals surface area (Å²) < 4.78 is 5.72. The molecule has 0 aromatic rings. The van der Waals surface area contributed by atoms with Gasteiger partial charge in [0.15, 0.2) is 0 Å². The highest BCUT2D eigenvalue weighted by molar-refractivity contribution is 4.95. The van der Waals surface area contributed by atoms with E-state index in [1.54, 1.807) is 0 Å². The molecule has 1 aliphatic heterocycles. The van der Waals surface area contributed by atoms with Crippen LogP contribution in [0.25, 0.3) is 0 Å². The topological polar surface area (TPSA) is 27.7 Å². The van der Waals surface area contributed by atoms with Crippen LogP contribution in [0.4, 0.5) is 0 Å². The average molecular weight is 214 g/mol. The van der Waals surface area contributed by atoms with E-state index >= 15 is 0 Å². The van der Waals surface area contributed by atoms with E-state index in [4.69, 9.17) is 14.5 Å². The fraction of sp³-hybridized carbons (Fsp3) is 1.00. The Bertz CT molecular complexity index is 215. The van der Waals surface area contributed by atoms with Crippen molar-refractivity contribution >= 4 is 0 Å². The monoisotopic (exact) mass is 214 g/mol. The van der Waals surface area contributed by atoms with Gasteiger partial charge < -0.3 is 4.74 Å². The summed E-state index contributed by atoms with van der Waals surface area (Å²) in [6.07, 6.45) is 7.73. The fourth-order valence-corrected chi connectivity index (χ4v) is 2.82. The molecule has 2 atom stereocenters. The molecule has 3 nitrogen and oxygen atoms in total. The van der Waals surface area contributed by atoms with Crippen molar-refractivity contribution in [1.82, 2.24) is 0 Å². The molecule has 88 valence electrons. The molecular formula is C12H22O3. The second-order valence-corrected chi connectivity index (χ2v) is 4.83. The van der Waals surface area contributed by atoms with Crippen LogP contribution >= 0.6 is 0 Å². The van der Waals surface area contributed by atoms with E-state index < -0.39 is 5.79 Å². The number of ether oxygens (including phenoxy) is 1. The molecule has 2 fully saturated rings. The van der Waals surface area contributed by atoms with Crippen LogP contribution < -0.4 is 0 Å². The van der Waals surface area contributed by atoms with Crippen LogP contribution in [-0.4, -0.2) is 18.0 Å². The maximum absolute atomic E-state index is 5.72. The molecule has 15 heavy (non-hydrogen) atoms. The summed E-state index contributed by atoms with van der Waals surface area (Å²) in [5.41, 5.74) is -0.0383. The Morgan fingerprint density at radius 1 is 1.20 bits per heavy atom. The Labute approximate surface area is 92.0 Å². The molecule has 2 rings (SSSR count). The van der Waals surface area contributed by atoms with Gasteiger partial charge >= 0.3 is 0 Å². The SMILES string of the molecule is CCCCC12CCCC(OCC)(C1)OO2. The molecule has 1 saturated heterocycles. The van der Waals surface area contributed by atoms with Crippen molar-refractivity contribution in [3.8, 4) is 0 Å². The van der Waals surface area contributed by atoms with E-state index in [-0.39, 0.29) is 5.60 Å². The molecule has 2 bridgehead atoms. The highest BCUT2D eigenvalue weighted by atomic mass is 17.2. The van der Waals surface area contributed by atoms with Gasteiger partial charge in [0.25, 0.3) is 0 Å². The van der Waals surface area contributed by atoms with E-state index in [2.05, 4.69) is 6.92 Å². The Kier molecular flexibility index (Phi) is 3.33. The lowest BCUT2D eigenvalue weighted by molar-refractivity contribution is -0.396. The van der Waals surface area contributed by atoms with Crippen LogP contribution in [0.2, 0.25) is 0 Å². The maximum Gasteiger partial charge on any atom is 0.204 e. The molecule has 2 unspecified atom stereocenters. The van der Waals surface area contributed by atoms with E-state index in [1.807, 2.05) is 6.92 Å². The number of hydrogen-bond donors (Lipinski definition) is 0. The van der Waals surface area contributed by atoms with Gasteiger partial charge in [-0.2, -0.15) is 0 Å². The van der Waals surface area contributed by atoms with Gasteiger partial charge in [0.1, 0.15) is 5.60 Å². The van der Waals surface area contributed by atoms with E-state index in [0.717, 1.165) is 32.1 Å². The first kappa shape index (κ1) is 11.4. The summed E-state index contributed by atoms with van der Waals surface area (Å²) in [6.45, 7) is 4.93. The molecule has 0 radical (unpaired) electrons. The van der Waals surface area contributed by atoms with Crippen molar-refractivity contribution in [2.24, 2.45) is 0 Å². The number of unbranched alkanes of at least 4 members (excludes halogenated alkanes) is 1. The van der Waals surface area contributed by atoms with Crippen LogP contribution in [0.5, 0.6) is 0 Å². The molecular weight excluding hydrogens is 192 g/mol. The Hall–Kier alpha value is -0.120. The third-order valence-electron chi connectivity index (χ3n) is 3.55. The van der Waals surface area contributed by atoms with Crippen LogP contribution in [0.3, 0.4) is 0 Å². The number of fused-ring (bicyclic) bond motifs is 2. The van der Waals surface area contributed by atoms with Crippen molar-refractivity contribution in [2.45, 2.75) is 70.2 Å². The van der Waals surface area contributed by atoms with E-state index in [9.17, 15) is 0 Å². The first-order valence-electron chi connectivity index (χ1n) is 6.25. The van der Waals surface area contributed by atoms with Crippen molar-refractivity contribution in [3.05, 3.63) is 0 Å². The van der Waals surface area contributed by atoms with Crippen LogP contribution in [0, 0.1) is 0 Å². The van der Waals surface area contributed by atoms with Crippen molar-refractivity contribution in [2.75, 3.05) is 6.61 Å². The summed E-state index contributed by atoms with van der Waals surface area (Å²) in [7, 11) is 0. The first-order chi connectivity index (χ1) is 7.24. The maximum atomic E-state index is 5.72. The van der Waals surface area contributed by atoms with Gasteiger partial charge in [-0.3, -0.25) is 0 Å². The van der Waals surface area contributed by atoms with E-state index in [1.165, 1.54) is 12.8 Å². The van der Waals surface area contributed by atoms with Gasteiger partial charge in [0, 0.05) is 19.4 Å². The van der Waals surface area contributed by atoms with Crippen LogP contribution in [-0.2, 0) is 14.5 Å². The van der Waals surface area contributed by atoms with Crippen molar-refractivity contribution < 1.29 is 14.5 Å². The average Bonchev–Trinajstić information content (AvgIpc) is 2.49. The summed E-state index contributed by atoms with van der Waals surface area (Å²) in [4.78, 5) is 11.1. The smallest absolute Gasteiger partial charge is 0.204 e. The quantitative estimate of drug-likeness (QED) is 0.658. The van der Waals surface area contributed by atoms with Crippen molar-refractivity contribution in [1.29, 1.82) is 0 Å². The minimum Gasteiger partial charge on any atom is -0.348 e. The normalized spacial score (nSPS) is 39.6. The summed E-state index contributed by atoms with van der Waals surface area (Å²) in [6, 6.07) is 0. The lowest BCUT2D eigenvalue weighted by Crippen LogP contribution is -2.39. The molecule has 3 heteroatoms. The molecule has 2 aliphatic rings. The fourth-order valence-electron chi connectivity index (χ4n) is 2.82. The van der Waals surface area contributed by atoms with Gasteiger partial charge in [-0.15, -0.1) is 0 Å². The summed E-state index contributed by atoms with van der Waals surface area (Å²) in [5.74, 6) is -0.416. The molecule has 0 N–H and O–H groups in total. The Morgan fingerprint density at radius 3 is 2.80 bits per heavy atom. The molecule has 0 aromatic heterocycles. The molecule has 1 aliphatic carbocycles. The summed E-state index contributed by atoms with van der Waals surface area (Å²) >= 11 is 0. The van der Waals surface area contributed by atoms with Gasteiger partial charge in [0.2, 0.25) is 5.79 Å². The van der Waals surface area contributed by atoms with E-state index in [0.29, 0.717) is 6.61 Å². The second kappa shape index (κ2) is 4.40. The highest BCUT2D eigenvalue weighted by Crippen LogP contribution is 2.49. The zero-order valence-electron chi connectivity index (χ0n) is 9.88. The highest BCUT2D eigenvalue weighted by Gasteiger charge is 2.55. The zero-order valence-corrected chi connectivity index (χ0v) is 9.88. The largest absolute Gasteiger partial charge is 0.348 e. The van der Waals surface area contributed by atoms with Gasteiger partial charge in [-0.25, -0.2) is 9.78 Å². The Morgan fingerprint density at radius 2 is 2.07 bits per heavy atom. The molecule has 1 saturated carbocycles. The molecule has 0 amide bonds. The minimum absolute atomic E-state index is 0.0383. The first-order valence-corrected chi connectivity index (χ1v) is 6.25. The van der Waals surface area contributed by atoms with Crippen LogP contribution in [0.15, 0.2) is 0 Å². The second-order valence-electron chi connectivity index (χ2n) is 4.83. The molecule has 1 heterocycles.